The fraction of sp³-hybridized carbons (Fsp3) is 0.0909. The second kappa shape index (κ2) is 8.79. The number of halogens is 5. The maximum atomic E-state index is 14.2. The molecule has 3 aromatic rings. The number of hydrogen-bond donors (Lipinski definition) is 1. The molecule has 1 aliphatic rings. The number of hydrazine groups is 1. The molecule has 1 aliphatic heterocycles. The maximum Gasteiger partial charge on any atom is 0.312 e. The third-order valence-electron chi connectivity index (χ3n) is 5.05. The van der Waals surface area contributed by atoms with Crippen molar-refractivity contribution < 1.29 is 26.0 Å². The second-order valence-electron chi connectivity index (χ2n) is 7.12. The van der Waals surface area contributed by atoms with E-state index in [-0.39, 0.29) is 21.9 Å². The second-order valence-corrected chi connectivity index (χ2v) is 9.10. The Bertz CT molecular complexity index is 1300. The van der Waals surface area contributed by atoms with Gasteiger partial charge in [0.25, 0.3) is 0 Å². The molecule has 1 unspecified atom stereocenters. The van der Waals surface area contributed by atoms with Crippen molar-refractivity contribution in [2.45, 2.75) is 16.9 Å². The molecule has 1 atom stereocenters. The van der Waals surface area contributed by atoms with Crippen molar-refractivity contribution in [3.63, 3.8) is 0 Å². The molecule has 4 rings (SSSR count). The van der Waals surface area contributed by atoms with E-state index < -0.39 is 33.7 Å². The minimum absolute atomic E-state index is 0.172. The van der Waals surface area contributed by atoms with E-state index in [0.717, 1.165) is 17.1 Å². The van der Waals surface area contributed by atoms with Crippen molar-refractivity contribution in [2.75, 3.05) is 5.01 Å². The molecule has 0 fully saturated rings. The summed E-state index contributed by atoms with van der Waals surface area (Å²) in [5.74, 6) is -1.09. The Hall–Kier alpha value is -2.92. The van der Waals surface area contributed by atoms with Gasteiger partial charge < -0.3 is 0 Å². The van der Waals surface area contributed by atoms with Gasteiger partial charge in [-0.2, -0.15) is 8.78 Å². The van der Waals surface area contributed by atoms with Crippen LogP contribution in [-0.4, -0.2) is 25.5 Å². The molecule has 0 bridgehead atoms. The summed E-state index contributed by atoms with van der Waals surface area (Å²) in [6.45, 7) is -3.06. The van der Waals surface area contributed by atoms with E-state index in [1.807, 2.05) is 0 Å². The molecule has 0 saturated carbocycles. The molecule has 0 saturated heterocycles. The smallest absolute Gasteiger partial charge is 0.267 e. The van der Waals surface area contributed by atoms with E-state index in [1.54, 1.807) is 0 Å². The number of benzene rings is 3. The van der Waals surface area contributed by atoms with Crippen LogP contribution in [0.3, 0.4) is 0 Å². The summed E-state index contributed by atoms with van der Waals surface area (Å²) in [5, 5.41) is 6.88. The molecule has 5 nitrogen and oxygen atoms in total. The Labute approximate surface area is 192 Å². The van der Waals surface area contributed by atoms with Gasteiger partial charge in [0.05, 0.1) is 16.3 Å². The number of alkyl halides is 3. The highest BCUT2D eigenvalue weighted by molar-refractivity contribution is 7.89. The van der Waals surface area contributed by atoms with Gasteiger partial charge in [-0.25, -0.2) is 22.3 Å². The van der Waals surface area contributed by atoms with Crippen molar-refractivity contribution in [1.29, 1.82) is 0 Å². The first kappa shape index (κ1) is 23.2. The molecule has 0 radical (unpaired) electrons. The number of hydrogen-bond acceptors (Lipinski definition) is 4. The van der Waals surface area contributed by atoms with Crippen molar-refractivity contribution in [3.8, 4) is 0 Å². The standard InChI is InChI=1S/C22H16ClF4N3O2S/c23-21-19(13-1-5-15(24)6-2-13)20(14-3-11-18(12-4-14)33(28,31)32)29(30(21)22(26)27)17-9-7-16(25)8-10-17/h1-12,21-22H,(H2,28,31,32). The van der Waals surface area contributed by atoms with Gasteiger partial charge in [0.2, 0.25) is 10.0 Å². The lowest BCUT2D eigenvalue weighted by atomic mass is 10.00. The Morgan fingerprint density at radius 1 is 0.818 bits per heavy atom. The average Bonchev–Trinajstić information content (AvgIpc) is 3.07. The first-order chi connectivity index (χ1) is 15.6. The van der Waals surface area contributed by atoms with Crippen LogP contribution in [0.2, 0.25) is 0 Å². The Morgan fingerprint density at radius 2 is 1.30 bits per heavy atom. The SMILES string of the molecule is NS(=O)(=O)c1ccc(C2=C(c3ccc(F)cc3)C(Cl)N(C(F)F)N2c2ccc(F)cc2)cc1. The van der Waals surface area contributed by atoms with E-state index in [9.17, 15) is 26.0 Å². The fourth-order valence-corrected chi connectivity index (χ4v) is 4.51. The zero-order valence-electron chi connectivity index (χ0n) is 16.7. The lowest BCUT2D eigenvalue weighted by Gasteiger charge is -2.33. The Kier molecular flexibility index (Phi) is 6.19. The van der Waals surface area contributed by atoms with Gasteiger partial charge in [-0.3, -0.25) is 5.01 Å². The minimum Gasteiger partial charge on any atom is -0.267 e. The van der Waals surface area contributed by atoms with Crippen LogP contribution in [0.5, 0.6) is 0 Å². The molecule has 2 N–H and O–H groups in total. The number of anilines is 1. The molecular weight excluding hydrogens is 482 g/mol. The summed E-state index contributed by atoms with van der Waals surface area (Å²) in [6, 6.07) is 15.2. The summed E-state index contributed by atoms with van der Waals surface area (Å²) < 4.78 is 78.8. The predicted molar refractivity (Wildman–Crippen MR) is 117 cm³/mol. The summed E-state index contributed by atoms with van der Waals surface area (Å²) in [7, 11) is -3.99. The van der Waals surface area contributed by atoms with Crippen LogP contribution in [-0.2, 0) is 10.0 Å². The minimum atomic E-state index is -3.99. The van der Waals surface area contributed by atoms with Gasteiger partial charge in [0, 0.05) is 11.1 Å². The molecular formula is C22H16ClF4N3O2S. The van der Waals surface area contributed by atoms with Crippen molar-refractivity contribution in [3.05, 3.63) is 95.6 Å². The topological polar surface area (TPSA) is 66.6 Å². The highest BCUT2D eigenvalue weighted by Gasteiger charge is 2.44. The van der Waals surface area contributed by atoms with Gasteiger partial charge in [0.15, 0.2) is 0 Å². The molecule has 0 spiro atoms. The fourth-order valence-electron chi connectivity index (χ4n) is 3.59. The molecule has 0 aliphatic carbocycles. The first-order valence-corrected chi connectivity index (χ1v) is 11.5. The third kappa shape index (κ3) is 4.47. The van der Waals surface area contributed by atoms with Crippen molar-refractivity contribution in [1.82, 2.24) is 5.01 Å². The van der Waals surface area contributed by atoms with Crippen LogP contribution < -0.4 is 10.1 Å². The van der Waals surface area contributed by atoms with Crippen LogP contribution in [0.1, 0.15) is 11.1 Å². The number of primary sulfonamides is 1. The van der Waals surface area contributed by atoms with Crippen LogP contribution in [0, 0.1) is 11.6 Å². The Balaban J connectivity index is 1.99. The number of rotatable bonds is 5. The van der Waals surface area contributed by atoms with Gasteiger partial charge in [-0.05, 0) is 54.1 Å². The summed E-state index contributed by atoms with van der Waals surface area (Å²) >= 11 is 6.50. The average molecular weight is 498 g/mol. The summed E-state index contributed by atoms with van der Waals surface area (Å²) in [6.07, 6.45) is 0. The van der Waals surface area contributed by atoms with E-state index in [1.165, 1.54) is 60.7 Å². The lowest BCUT2D eigenvalue weighted by molar-refractivity contribution is -0.0214. The van der Waals surface area contributed by atoms with Gasteiger partial charge in [-0.1, -0.05) is 35.9 Å². The molecule has 11 heteroatoms. The van der Waals surface area contributed by atoms with Crippen LogP contribution in [0.15, 0.2) is 77.7 Å². The summed E-state index contributed by atoms with van der Waals surface area (Å²) in [4.78, 5) is -0.172. The number of nitrogens with zero attached hydrogens (tertiary/aromatic N) is 2. The van der Waals surface area contributed by atoms with Gasteiger partial charge in [-0.15, -0.1) is 5.01 Å². The predicted octanol–water partition coefficient (Wildman–Crippen LogP) is 5.01. The first-order valence-electron chi connectivity index (χ1n) is 9.47. The monoisotopic (exact) mass is 497 g/mol. The molecule has 0 aromatic heterocycles. The van der Waals surface area contributed by atoms with E-state index in [4.69, 9.17) is 16.7 Å². The van der Waals surface area contributed by atoms with Gasteiger partial charge in [0.1, 0.15) is 17.1 Å². The zero-order valence-corrected chi connectivity index (χ0v) is 18.2. The largest absolute Gasteiger partial charge is 0.312 e. The van der Waals surface area contributed by atoms with Crippen molar-refractivity contribution >= 4 is 38.6 Å². The maximum absolute atomic E-state index is 14.2. The normalized spacial score (nSPS) is 17.3. The van der Waals surface area contributed by atoms with E-state index in [2.05, 4.69) is 0 Å². The van der Waals surface area contributed by atoms with Crippen LogP contribution in [0.4, 0.5) is 23.2 Å². The number of sulfonamides is 1. The number of nitrogens with two attached hydrogens (primary N) is 1. The van der Waals surface area contributed by atoms with Crippen LogP contribution in [0.25, 0.3) is 11.3 Å². The van der Waals surface area contributed by atoms with Crippen molar-refractivity contribution in [2.24, 2.45) is 5.14 Å². The third-order valence-corrected chi connectivity index (χ3v) is 6.40. The Morgan fingerprint density at radius 3 is 1.79 bits per heavy atom. The highest BCUT2D eigenvalue weighted by Crippen LogP contribution is 2.46. The molecule has 1 heterocycles. The molecule has 172 valence electrons. The van der Waals surface area contributed by atoms with Gasteiger partial charge >= 0.3 is 6.55 Å². The summed E-state index contributed by atoms with van der Waals surface area (Å²) in [5.41, 5.74) is -0.0745. The van der Waals surface area contributed by atoms with E-state index >= 15 is 0 Å². The lowest BCUT2D eigenvalue weighted by Crippen LogP contribution is -2.44. The molecule has 0 amide bonds. The quantitative estimate of drug-likeness (QED) is 0.306. The van der Waals surface area contributed by atoms with E-state index in [0.29, 0.717) is 16.1 Å². The molecule has 3 aromatic carbocycles. The zero-order chi connectivity index (χ0) is 23.9. The van der Waals surface area contributed by atoms with Crippen LogP contribution >= 0.6 is 11.6 Å². The molecule has 33 heavy (non-hydrogen) atoms. The highest BCUT2D eigenvalue weighted by atomic mass is 35.5.